The van der Waals surface area contributed by atoms with Gasteiger partial charge in [0.25, 0.3) is 15.9 Å². The van der Waals surface area contributed by atoms with E-state index in [2.05, 4.69) is 10.6 Å². The summed E-state index contributed by atoms with van der Waals surface area (Å²) in [5.41, 5.74) is 2.60. The Bertz CT molecular complexity index is 1270. The zero-order chi connectivity index (χ0) is 24.2. The molecule has 0 saturated carbocycles. The van der Waals surface area contributed by atoms with Gasteiger partial charge in [-0.2, -0.15) is 0 Å². The summed E-state index contributed by atoms with van der Waals surface area (Å²) in [6, 6.07) is 17.7. The Morgan fingerprint density at radius 2 is 1.55 bits per heavy atom. The molecule has 0 bridgehead atoms. The maximum atomic E-state index is 12.9. The minimum Gasteiger partial charge on any atom is -0.495 e. The zero-order valence-corrected chi connectivity index (χ0v) is 19.6. The molecule has 8 nitrogen and oxygen atoms in total. The van der Waals surface area contributed by atoms with Gasteiger partial charge in [0.15, 0.2) is 0 Å². The number of methoxy groups -OCH3 is 1. The molecule has 3 aromatic rings. The normalized spacial score (nSPS) is 10.9. The molecule has 9 heteroatoms. The molecule has 0 heterocycles. The molecule has 0 atom stereocenters. The lowest BCUT2D eigenvalue weighted by molar-refractivity contribution is -0.114. The van der Waals surface area contributed by atoms with E-state index in [9.17, 15) is 18.0 Å². The molecular formula is C24H25N3O5S. The summed E-state index contributed by atoms with van der Waals surface area (Å²) in [6.45, 7) is 3.27. The Balaban J connectivity index is 1.79. The third-order valence-corrected chi connectivity index (χ3v) is 6.74. The smallest absolute Gasteiger partial charge is 0.264 e. The van der Waals surface area contributed by atoms with Gasteiger partial charge < -0.3 is 15.4 Å². The Labute approximate surface area is 193 Å². The van der Waals surface area contributed by atoms with Gasteiger partial charge in [0.2, 0.25) is 5.91 Å². The highest BCUT2D eigenvalue weighted by Gasteiger charge is 2.21. The van der Waals surface area contributed by atoms with Gasteiger partial charge in [-0.1, -0.05) is 17.7 Å². The van der Waals surface area contributed by atoms with Gasteiger partial charge in [0, 0.05) is 25.2 Å². The fourth-order valence-corrected chi connectivity index (χ4v) is 4.31. The molecule has 0 saturated heterocycles. The quantitative estimate of drug-likeness (QED) is 0.546. The minimum absolute atomic E-state index is 0.184. The summed E-state index contributed by atoms with van der Waals surface area (Å²) in [6.07, 6.45) is 0. The van der Waals surface area contributed by atoms with Crippen LogP contribution in [0.4, 0.5) is 17.1 Å². The average Bonchev–Trinajstić information content (AvgIpc) is 2.78. The second kappa shape index (κ2) is 9.74. The number of sulfonamides is 1. The van der Waals surface area contributed by atoms with E-state index in [1.807, 2.05) is 6.92 Å². The summed E-state index contributed by atoms with van der Waals surface area (Å²) in [5.74, 6) is -0.223. The molecule has 0 aliphatic heterocycles. The van der Waals surface area contributed by atoms with Gasteiger partial charge in [0.1, 0.15) is 5.75 Å². The first kappa shape index (κ1) is 23.8. The number of ether oxygens (including phenoxy) is 1. The number of benzene rings is 3. The lowest BCUT2D eigenvalue weighted by atomic mass is 10.2. The maximum Gasteiger partial charge on any atom is 0.264 e. The largest absolute Gasteiger partial charge is 0.495 e. The van der Waals surface area contributed by atoms with Crippen molar-refractivity contribution in [3.63, 3.8) is 0 Å². The van der Waals surface area contributed by atoms with Gasteiger partial charge in [-0.25, -0.2) is 8.42 Å². The van der Waals surface area contributed by atoms with E-state index in [-0.39, 0.29) is 10.8 Å². The second-order valence-corrected chi connectivity index (χ2v) is 9.35. The Morgan fingerprint density at radius 3 is 2.12 bits per heavy atom. The van der Waals surface area contributed by atoms with Crippen LogP contribution < -0.4 is 19.7 Å². The molecule has 2 amide bonds. The van der Waals surface area contributed by atoms with Crippen molar-refractivity contribution in [3.8, 4) is 5.75 Å². The third kappa shape index (κ3) is 5.50. The van der Waals surface area contributed by atoms with Gasteiger partial charge in [-0.3, -0.25) is 13.9 Å². The van der Waals surface area contributed by atoms with Crippen molar-refractivity contribution < 1.29 is 22.7 Å². The maximum absolute atomic E-state index is 12.9. The van der Waals surface area contributed by atoms with Crippen LogP contribution in [0, 0.1) is 6.92 Å². The molecule has 0 aromatic heterocycles. The number of rotatable bonds is 7. The predicted molar refractivity (Wildman–Crippen MR) is 128 cm³/mol. The van der Waals surface area contributed by atoms with Crippen molar-refractivity contribution >= 4 is 38.9 Å². The highest BCUT2D eigenvalue weighted by atomic mass is 32.2. The third-order valence-electron chi connectivity index (χ3n) is 4.94. The molecule has 2 N–H and O–H groups in total. The van der Waals surface area contributed by atoms with Crippen LogP contribution in [0.1, 0.15) is 22.8 Å². The number of hydrogen-bond donors (Lipinski definition) is 2. The van der Waals surface area contributed by atoms with E-state index in [0.29, 0.717) is 28.4 Å². The molecule has 3 rings (SSSR count). The highest BCUT2D eigenvalue weighted by Crippen LogP contribution is 2.29. The van der Waals surface area contributed by atoms with Crippen LogP contribution in [0.15, 0.2) is 71.6 Å². The summed E-state index contributed by atoms with van der Waals surface area (Å²) >= 11 is 0. The van der Waals surface area contributed by atoms with Crippen LogP contribution in [0.2, 0.25) is 0 Å². The topological polar surface area (TPSA) is 105 Å². The van der Waals surface area contributed by atoms with Crippen LogP contribution >= 0.6 is 0 Å². The van der Waals surface area contributed by atoms with Crippen LogP contribution in [0.5, 0.6) is 5.75 Å². The van der Waals surface area contributed by atoms with E-state index >= 15 is 0 Å². The summed E-state index contributed by atoms with van der Waals surface area (Å²) in [4.78, 5) is 24.3. The molecule has 0 aliphatic carbocycles. The Morgan fingerprint density at radius 1 is 0.909 bits per heavy atom. The number of carbonyl (C=O) groups is 2. The van der Waals surface area contributed by atoms with Crippen molar-refractivity contribution in [2.24, 2.45) is 0 Å². The number of hydrogen-bond acceptors (Lipinski definition) is 5. The second-order valence-electron chi connectivity index (χ2n) is 7.38. The standard InChI is InChI=1S/C24H25N3O5S/c1-16-5-12-21(13-6-16)33(30,31)27(3)20-10-7-18(8-11-20)24(29)26-22-15-19(25-17(2)28)9-14-23(22)32-4/h5-15H,1-4H3,(H,25,28)(H,26,29). The van der Waals surface area contributed by atoms with E-state index in [1.54, 1.807) is 54.6 Å². The van der Waals surface area contributed by atoms with Crippen LogP contribution in [0.25, 0.3) is 0 Å². The minimum atomic E-state index is -3.73. The molecule has 0 unspecified atom stereocenters. The van der Waals surface area contributed by atoms with E-state index < -0.39 is 15.9 Å². The molecule has 0 spiro atoms. The molecule has 0 radical (unpaired) electrons. The van der Waals surface area contributed by atoms with E-state index in [0.717, 1.165) is 5.56 Å². The summed E-state index contributed by atoms with van der Waals surface area (Å²) in [5, 5.41) is 5.41. The molecule has 3 aromatic carbocycles. The van der Waals surface area contributed by atoms with Crippen LogP contribution in [-0.2, 0) is 14.8 Å². The molecular weight excluding hydrogens is 442 g/mol. The molecule has 0 aliphatic rings. The van der Waals surface area contributed by atoms with Gasteiger partial charge in [-0.05, 0) is 61.5 Å². The number of carbonyl (C=O) groups excluding carboxylic acids is 2. The van der Waals surface area contributed by atoms with Gasteiger partial charge in [-0.15, -0.1) is 0 Å². The highest BCUT2D eigenvalue weighted by molar-refractivity contribution is 7.92. The number of anilines is 3. The van der Waals surface area contributed by atoms with Crippen molar-refractivity contribution in [2.45, 2.75) is 18.7 Å². The van der Waals surface area contributed by atoms with Crippen molar-refractivity contribution in [1.82, 2.24) is 0 Å². The Kier molecular flexibility index (Phi) is 7.03. The van der Waals surface area contributed by atoms with Crippen molar-refractivity contribution in [3.05, 3.63) is 77.9 Å². The summed E-state index contributed by atoms with van der Waals surface area (Å²) in [7, 11) is -0.797. The van der Waals surface area contributed by atoms with E-state index in [4.69, 9.17) is 4.74 Å². The fourth-order valence-electron chi connectivity index (χ4n) is 3.11. The van der Waals surface area contributed by atoms with Crippen molar-refractivity contribution in [1.29, 1.82) is 0 Å². The van der Waals surface area contributed by atoms with Gasteiger partial charge in [0.05, 0.1) is 23.4 Å². The van der Waals surface area contributed by atoms with Crippen LogP contribution in [0.3, 0.4) is 0 Å². The first-order valence-electron chi connectivity index (χ1n) is 10.0. The number of nitrogens with zero attached hydrogens (tertiary/aromatic N) is 1. The van der Waals surface area contributed by atoms with Gasteiger partial charge >= 0.3 is 0 Å². The Hall–Kier alpha value is -3.85. The first-order valence-corrected chi connectivity index (χ1v) is 11.5. The number of aryl methyl sites for hydroxylation is 1. The monoisotopic (exact) mass is 467 g/mol. The fraction of sp³-hybridized carbons (Fsp3) is 0.167. The lowest BCUT2D eigenvalue weighted by Gasteiger charge is -2.20. The predicted octanol–water partition coefficient (Wildman–Crippen LogP) is 4.04. The molecule has 0 fully saturated rings. The van der Waals surface area contributed by atoms with E-state index in [1.165, 1.54) is 37.5 Å². The molecule has 172 valence electrons. The van der Waals surface area contributed by atoms with Crippen molar-refractivity contribution in [2.75, 3.05) is 29.1 Å². The van der Waals surface area contributed by atoms with Crippen LogP contribution in [-0.4, -0.2) is 34.4 Å². The number of amides is 2. The SMILES string of the molecule is COc1ccc(NC(C)=O)cc1NC(=O)c1ccc(N(C)S(=O)(=O)c2ccc(C)cc2)cc1. The lowest BCUT2D eigenvalue weighted by Crippen LogP contribution is -2.26. The number of nitrogens with one attached hydrogen (secondary N) is 2. The first-order chi connectivity index (χ1) is 15.6. The zero-order valence-electron chi connectivity index (χ0n) is 18.7. The summed E-state index contributed by atoms with van der Waals surface area (Å²) < 4.78 is 32.2. The molecule has 33 heavy (non-hydrogen) atoms. The average molecular weight is 468 g/mol.